The van der Waals surface area contributed by atoms with Crippen molar-refractivity contribution in [2.75, 3.05) is 20.2 Å². The second-order valence-electron chi connectivity index (χ2n) is 6.95. The van der Waals surface area contributed by atoms with Crippen LogP contribution < -0.4 is 5.32 Å². The van der Waals surface area contributed by atoms with E-state index in [-0.39, 0.29) is 17.8 Å². The van der Waals surface area contributed by atoms with E-state index in [4.69, 9.17) is 4.74 Å². The van der Waals surface area contributed by atoms with Gasteiger partial charge < -0.3 is 10.1 Å². The molecule has 1 fully saturated rings. The number of nitrogens with one attached hydrogen (secondary N) is 1. The average molecular weight is 413 g/mol. The summed E-state index contributed by atoms with van der Waals surface area (Å²) in [6, 6.07) is 13.8. The van der Waals surface area contributed by atoms with Crippen LogP contribution in [0.25, 0.3) is 0 Å². The first-order chi connectivity index (χ1) is 14.3. The van der Waals surface area contributed by atoms with Crippen LogP contribution in [0.2, 0.25) is 0 Å². The molecule has 3 rings (SSSR count). The molecule has 3 unspecified atom stereocenters. The summed E-state index contributed by atoms with van der Waals surface area (Å²) in [5.41, 5.74) is -1.20. The van der Waals surface area contributed by atoms with E-state index in [9.17, 15) is 29.8 Å². The molecule has 0 saturated carbocycles. The highest BCUT2D eigenvalue weighted by Gasteiger charge is 2.64. The summed E-state index contributed by atoms with van der Waals surface area (Å²) in [6.07, 6.45) is 0. The molecule has 3 atom stereocenters. The van der Waals surface area contributed by atoms with E-state index >= 15 is 0 Å². The molecule has 2 aromatic rings. The number of carbonyl (C=O) groups excluding carboxylic acids is 2. The maximum absolute atomic E-state index is 13.1. The number of esters is 1. The predicted molar refractivity (Wildman–Crippen MR) is 104 cm³/mol. The molecule has 1 amide bonds. The summed E-state index contributed by atoms with van der Waals surface area (Å²) in [5.74, 6) is -3.49. The van der Waals surface area contributed by atoms with Crippen molar-refractivity contribution in [3.63, 3.8) is 0 Å². The molecular formula is C20H19N3O7. The van der Waals surface area contributed by atoms with E-state index in [1.807, 2.05) is 0 Å². The number of nitro benzene ring substituents is 1. The Morgan fingerprint density at radius 1 is 1.17 bits per heavy atom. The Morgan fingerprint density at radius 2 is 1.80 bits per heavy atom. The molecule has 10 heteroatoms. The molecule has 0 bridgehead atoms. The van der Waals surface area contributed by atoms with Crippen LogP contribution in [0.3, 0.4) is 0 Å². The number of non-ortho nitro benzene ring substituents is 1. The van der Waals surface area contributed by atoms with Gasteiger partial charge in [-0.25, -0.2) is 0 Å². The minimum Gasteiger partial charge on any atom is -0.468 e. The Morgan fingerprint density at radius 3 is 2.33 bits per heavy atom. The van der Waals surface area contributed by atoms with Gasteiger partial charge in [0.2, 0.25) is 12.5 Å². The number of nitro groups is 2. The molecule has 1 heterocycles. The summed E-state index contributed by atoms with van der Waals surface area (Å²) in [5, 5.41) is 25.2. The normalized spacial score (nSPS) is 21.5. The zero-order chi connectivity index (χ0) is 21.9. The highest BCUT2D eigenvalue weighted by molar-refractivity contribution is 6.06. The first-order valence-corrected chi connectivity index (χ1v) is 9.10. The Kier molecular flexibility index (Phi) is 5.77. The molecule has 1 N–H and O–H groups in total. The molecule has 1 aliphatic heterocycles. The van der Waals surface area contributed by atoms with E-state index in [0.29, 0.717) is 5.56 Å². The predicted octanol–water partition coefficient (Wildman–Crippen LogP) is 2.03. The third kappa shape index (κ3) is 3.47. The third-order valence-corrected chi connectivity index (χ3v) is 5.50. The second-order valence-corrected chi connectivity index (χ2v) is 6.95. The number of rotatable bonds is 7. The van der Waals surface area contributed by atoms with Crippen molar-refractivity contribution < 1.29 is 24.2 Å². The molecule has 10 nitrogen and oxygen atoms in total. The quantitative estimate of drug-likeness (QED) is 0.317. The lowest BCUT2D eigenvalue weighted by Crippen LogP contribution is -2.49. The Bertz CT molecular complexity index is 978. The number of amides is 1. The van der Waals surface area contributed by atoms with E-state index in [1.54, 1.807) is 30.3 Å². The van der Waals surface area contributed by atoms with Gasteiger partial charge in [0.15, 0.2) is 5.41 Å². The lowest BCUT2D eigenvalue weighted by atomic mass is 9.63. The van der Waals surface area contributed by atoms with Gasteiger partial charge in [0.1, 0.15) is 0 Å². The van der Waals surface area contributed by atoms with E-state index in [1.165, 1.54) is 24.3 Å². The van der Waals surface area contributed by atoms with Gasteiger partial charge in [-0.2, -0.15) is 0 Å². The largest absolute Gasteiger partial charge is 0.468 e. The molecule has 0 spiro atoms. The maximum atomic E-state index is 13.1. The van der Waals surface area contributed by atoms with Crippen LogP contribution in [-0.4, -0.2) is 41.9 Å². The molecule has 0 aliphatic carbocycles. The van der Waals surface area contributed by atoms with Crippen LogP contribution in [0.5, 0.6) is 0 Å². The van der Waals surface area contributed by atoms with Gasteiger partial charge >= 0.3 is 5.97 Å². The Balaban J connectivity index is 2.22. The summed E-state index contributed by atoms with van der Waals surface area (Å²) in [4.78, 5) is 47.5. The van der Waals surface area contributed by atoms with Crippen LogP contribution in [0, 0.1) is 25.6 Å². The summed E-state index contributed by atoms with van der Waals surface area (Å²) < 4.78 is 4.98. The Labute approximate surface area is 171 Å². The topological polar surface area (TPSA) is 142 Å². The van der Waals surface area contributed by atoms with Crippen molar-refractivity contribution >= 4 is 17.6 Å². The lowest BCUT2D eigenvalue weighted by Gasteiger charge is -2.35. The second kappa shape index (κ2) is 8.27. The fraction of sp³-hybridized carbons (Fsp3) is 0.300. The average Bonchev–Trinajstić information content (AvgIpc) is 3.09. The van der Waals surface area contributed by atoms with Crippen molar-refractivity contribution in [2.24, 2.45) is 5.41 Å². The summed E-state index contributed by atoms with van der Waals surface area (Å²) >= 11 is 0. The highest BCUT2D eigenvalue weighted by Crippen LogP contribution is 2.51. The minimum absolute atomic E-state index is 0.0964. The summed E-state index contributed by atoms with van der Waals surface area (Å²) in [7, 11) is 1.12. The van der Waals surface area contributed by atoms with Crippen LogP contribution in [0.1, 0.15) is 23.0 Å². The number of carbonyl (C=O) groups is 2. The van der Waals surface area contributed by atoms with Gasteiger partial charge in [-0.15, -0.1) is 0 Å². The number of hydrogen-bond acceptors (Lipinski definition) is 7. The van der Waals surface area contributed by atoms with Crippen molar-refractivity contribution in [2.45, 2.75) is 11.8 Å². The zero-order valence-corrected chi connectivity index (χ0v) is 16.0. The van der Waals surface area contributed by atoms with E-state index in [0.717, 1.165) is 7.11 Å². The van der Waals surface area contributed by atoms with Crippen LogP contribution in [-0.2, 0) is 14.3 Å². The first-order valence-electron chi connectivity index (χ1n) is 9.10. The zero-order valence-electron chi connectivity index (χ0n) is 16.0. The number of methoxy groups -OCH3 is 1. The van der Waals surface area contributed by atoms with Crippen LogP contribution in [0.15, 0.2) is 54.6 Å². The van der Waals surface area contributed by atoms with E-state index in [2.05, 4.69) is 5.32 Å². The lowest BCUT2D eigenvalue weighted by molar-refractivity contribution is -0.485. The smallest absolute Gasteiger partial charge is 0.322 e. The number of benzene rings is 2. The molecule has 1 aliphatic rings. The minimum atomic E-state index is -1.90. The monoisotopic (exact) mass is 413 g/mol. The van der Waals surface area contributed by atoms with E-state index < -0.39 is 45.5 Å². The van der Waals surface area contributed by atoms with Crippen molar-refractivity contribution in [1.29, 1.82) is 0 Å². The third-order valence-electron chi connectivity index (χ3n) is 5.50. The van der Waals surface area contributed by atoms with Crippen LogP contribution >= 0.6 is 0 Å². The standard InChI is InChI=1S/C20H19N3O7/c1-30-19(25)20(16(11-21-18(20)24)13-5-3-2-4-6-13)17(12-22(26)27)14-7-9-15(10-8-14)23(28)29/h2-10,16-17H,11-12H2,1H3,(H,21,24). The molecule has 2 aromatic carbocycles. The molecule has 1 saturated heterocycles. The van der Waals surface area contributed by atoms with Gasteiger partial charge in [0.25, 0.3) is 5.69 Å². The van der Waals surface area contributed by atoms with Crippen molar-refractivity contribution in [3.05, 3.63) is 86.0 Å². The van der Waals surface area contributed by atoms with Crippen LogP contribution in [0.4, 0.5) is 5.69 Å². The maximum Gasteiger partial charge on any atom is 0.322 e. The number of nitrogens with zero attached hydrogens (tertiary/aromatic N) is 2. The van der Waals surface area contributed by atoms with Gasteiger partial charge in [-0.05, 0) is 11.1 Å². The fourth-order valence-electron chi connectivity index (χ4n) is 4.16. The van der Waals surface area contributed by atoms with Gasteiger partial charge in [0, 0.05) is 29.5 Å². The Hall–Kier alpha value is -3.82. The molecular weight excluding hydrogens is 394 g/mol. The first kappa shape index (κ1) is 20.9. The van der Waals surface area contributed by atoms with Crippen molar-refractivity contribution in [1.82, 2.24) is 5.32 Å². The molecule has 0 radical (unpaired) electrons. The number of hydrogen-bond donors (Lipinski definition) is 1. The molecule has 30 heavy (non-hydrogen) atoms. The number of ether oxygens (including phenoxy) is 1. The van der Waals surface area contributed by atoms with Gasteiger partial charge in [-0.1, -0.05) is 42.5 Å². The fourth-order valence-corrected chi connectivity index (χ4v) is 4.16. The summed E-state index contributed by atoms with van der Waals surface area (Å²) in [6.45, 7) is -0.636. The SMILES string of the molecule is COC(=O)C1(C(C[N+](=O)[O-])c2ccc([N+](=O)[O-])cc2)C(=O)NCC1c1ccccc1. The van der Waals surface area contributed by atoms with Gasteiger partial charge in [0.05, 0.1) is 18.0 Å². The van der Waals surface area contributed by atoms with Crippen molar-refractivity contribution in [3.8, 4) is 0 Å². The molecule has 0 aromatic heterocycles. The highest BCUT2D eigenvalue weighted by atomic mass is 16.6. The molecule has 156 valence electrons. The van der Waals surface area contributed by atoms with Gasteiger partial charge in [-0.3, -0.25) is 29.8 Å².